The van der Waals surface area contributed by atoms with Crippen LogP contribution in [0.1, 0.15) is 23.9 Å². The van der Waals surface area contributed by atoms with Crippen molar-refractivity contribution in [2.24, 2.45) is 7.05 Å². The Balaban J connectivity index is 2.34. The fourth-order valence-electron chi connectivity index (χ4n) is 1.74. The highest BCUT2D eigenvalue weighted by Crippen LogP contribution is 2.37. The molecule has 0 atom stereocenters. The minimum atomic E-state index is -4.44. The highest BCUT2D eigenvalue weighted by Gasteiger charge is 2.37. The van der Waals surface area contributed by atoms with E-state index in [4.69, 9.17) is 0 Å². The van der Waals surface area contributed by atoms with Crippen molar-refractivity contribution in [2.45, 2.75) is 26.1 Å². The number of alkyl halides is 3. The number of rotatable bonds is 5. The highest BCUT2D eigenvalue weighted by atomic mass is 32.1. The topological polar surface area (TPSA) is 42.7 Å². The van der Waals surface area contributed by atoms with E-state index in [1.807, 2.05) is 6.92 Å². The Morgan fingerprint density at radius 1 is 1.40 bits per heavy atom. The predicted molar refractivity (Wildman–Crippen MR) is 71.3 cm³/mol. The van der Waals surface area contributed by atoms with Crippen LogP contribution in [-0.2, 0) is 19.8 Å². The second kappa shape index (κ2) is 5.92. The van der Waals surface area contributed by atoms with Gasteiger partial charge in [-0.05, 0) is 13.0 Å². The maximum atomic E-state index is 13.0. The lowest BCUT2D eigenvalue weighted by molar-refractivity contribution is -0.141. The lowest BCUT2D eigenvalue weighted by atomic mass is 10.3. The van der Waals surface area contributed by atoms with Crippen molar-refractivity contribution in [3.05, 3.63) is 23.0 Å². The first kappa shape index (κ1) is 15.0. The van der Waals surface area contributed by atoms with Crippen molar-refractivity contribution in [1.82, 2.24) is 19.9 Å². The lowest BCUT2D eigenvalue weighted by Crippen LogP contribution is -2.17. The molecule has 0 bridgehead atoms. The third-order valence-corrected chi connectivity index (χ3v) is 3.74. The number of nitrogens with one attached hydrogen (secondary N) is 1. The fourth-order valence-corrected chi connectivity index (χ4v) is 2.83. The Kier molecular flexibility index (Phi) is 4.44. The maximum Gasteiger partial charge on any atom is 0.434 e. The van der Waals surface area contributed by atoms with Gasteiger partial charge in [-0.15, -0.1) is 11.3 Å². The quantitative estimate of drug-likeness (QED) is 0.863. The monoisotopic (exact) mass is 304 g/mol. The van der Waals surface area contributed by atoms with Gasteiger partial charge < -0.3 is 9.88 Å². The molecular formula is C12H15F3N4S. The van der Waals surface area contributed by atoms with Crippen LogP contribution in [0.2, 0.25) is 0 Å². The molecule has 0 spiro atoms. The zero-order valence-corrected chi connectivity index (χ0v) is 12.0. The summed E-state index contributed by atoms with van der Waals surface area (Å²) in [5.41, 5.74) is -0.816. The Bertz CT molecular complexity index is 574. The van der Waals surface area contributed by atoms with Crippen LogP contribution < -0.4 is 5.32 Å². The van der Waals surface area contributed by atoms with Crippen LogP contribution in [0, 0.1) is 0 Å². The molecule has 2 aromatic heterocycles. The molecule has 0 amide bonds. The minimum absolute atomic E-state index is 0.171. The number of hydrogen-bond acceptors (Lipinski definition) is 4. The number of hydrogen-bond donors (Lipinski definition) is 1. The summed E-state index contributed by atoms with van der Waals surface area (Å²) in [6, 6.07) is 0. The Labute approximate surface area is 118 Å². The fraction of sp³-hybridized carbons (Fsp3) is 0.500. The van der Waals surface area contributed by atoms with Crippen LogP contribution in [0.15, 0.2) is 12.4 Å². The molecule has 2 heterocycles. The summed E-state index contributed by atoms with van der Waals surface area (Å²) in [4.78, 5) is 7.97. The number of halogens is 3. The largest absolute Gasteiger partial charge is 0.434 e. The van der Waals surface area contributed by atoms with Crippen LogP contribution >= 0.6 is 11.3 Å². The van der Waals surface area contributed by atoms with Gasteiger partial charge in [0, 0.05) is 26.0 Å². The van der Waals surface area contributed by atoms with Gasteiger partial charge in [-0.2, -0.15) is 13.2 Å². The molecule has 110 valence electrons. The molecule has 0 saturated heterocycles. The van der Waals surface area contributed by atoms with Crippen LogP contribution in [0.4, 0.5) is 13.2 Å². The van der Waals surface area contributed by atoms with Crippen LogP contribution in [0.5, 0.6) is 0 Å². The van der Waals surface area contributed by atoms with E-state index in [1.54, 1.807) is 24.0 Å². The van der Waals surface area contributed by atoms with Gasteiger partial charge in [0.15, 0.2) is 16.5 Å². The average molecular weight is 304 g/mol. The predicted octanol–water partition coefficient (Wildman–Crippen LogP) is 3.06. The molecular weight excluding hydrogens is 289 g/mol. The summed E-state index contributed by atoms with van der Waals surface area (Å²) in [5, 5.41) is 3.27. The zero-order chi connectivity index (χ0) is 14.8. The number of imidazole rings is 1. The van der Waals surface area contributed by atoms with Gasteiger partial charge in [0.05, 0.1) is 4.88 Å². The van der Waals surface area contributed by atoms with Crippen LogP contribution in [-0.4, -0.2) is 21.1 Å². The van der Waals surface area contributed by atoms with E-state index >= 15 is 0 Å². The van der Waals surface area contributed by atoms with Crippen molar-refractivity contribution in [3.63, 3.8) is 0 Å². The summed E-state index contributed by atoms with van der Waals surface area (Å²) in [7, 11) is 1.73. The van der Waals surface area contributed by atoms with E-state index in [2.05, 4.69) is 15.3 Å². The molecule has 8 heteroatoms. The molecule has 0 aliphatic rings. The van der Waals surface area contributed by atoms with Crippen molar-refractivity contribution in [3.8, 4) is 10.8 Å². The molecule has 0 aliphatic heterocycles. The molecule has 2 rings (SSSR count). The molecule has 0 unspecified atom stereocenters. The third-order valence-electron chi connectivity index (χ3n) is 2.69. The first-order chi connectivity index (χ1) is 9.43. The van der Waals surface area contributed by atoms with Gasteiger partial charge >= 0.3 is 6.18 Å². The molecule has 1 N–H and O–H groups in total. The Morgan fingerprint density at radius 2 is 2.15 bits per heavy atom. The third kappa shape index (κ3) is 3.18. The van der Waals surface area contributed by atoms with Crippen molar-refractivity contribution in [2.75, 3.05) is 6.54 Å². The summed E-state index contributed by atoms with van der Waals surface area (Å²) < 4.78 is 40.7. The van der Waals surface area contributed by atoms with Crippen LogP contribution in [0.3, 0.4) is 0 Å². The Morgan fingerprint density at radius 3 is 2.70 bits per heavy atom. The van der Waals surface area contributed by atoms with E-state index < -0.39 is 11.9 Å². The maximum absolute atomic E-state index is 13.0. The van der Waals surface area contributed by atoms with Gasteiger partial charge in [-0.1, -0.05) is 6.92 Å². The number of aromatic nitrogens is 3. The number of thiazole rings is 1. The molecule has 20 heavy (non-hydrogen) atoms. The molecule has 0 fully saturated rings. The second-order valence-corrected chi connectivity index (χ2v) is 5.41. The first-order valence-electron chi connectivity index (χ1n) is 6.18. The van der Waals surface area contributed by atoms with Gasteiger partial charge in [0.2, 0.25) is 0 Å². The van der Waals surface area contributed by atoms with E-state index in [0.717, 1.165) is 17.8 Å². The molecule has 2 aromatic rings. The van der Waals surface area contributed by atoms with Gasteiger partial charge in [0.25, 0.3) is 0 Å². The van der Waals surface area contributed by atoms with Crippen molar-refractivity contribution < 1.29 is 13.2 Å². The molecule has 0 aromatic carbocycles. The van der Waals surface area contributed by atoms with Gasteiger partial charge in [-0.25, -0.2) is 9.97 Å². The zero-order valence-electron chi connectivity index (χ0n) is 11.2. The summed E-state index contributed by atoms with van der Waals surface area (Å²) in [6.45, 7) is 2.81. The lowest BCUT2D eigenvalue weighted by Gasteiger charge is -2.06. The Hall–Kier alpha value is -1.41. The number of nitrogens with zero attached hydrogens (tertiary/aromatic N) is 3. The van der Waals surface area contributed by atoms with Crippen molar-refractivity contribution in [1.29, 1.82) is 0 Å². The summed E-state index contributed by atoms with van der Waals surface area (Å²) in [5.74, 6) is 0.447. The normalized spacial score (nSPS) is 12.1. The van der Waals surface area contributed by atoms with Gasteiger partial charge in [0.1, 0.15) is 0 Å². The molecule has 4 nitrogen and oxygen atoms in total. The van der Waals surface area contributed by atoms with E-state index in [-0.39, 0.29) is 16.4 Å². The van der Waals surface area contributed by atoms with E-state index in [9.17, 15) is 13.2 Å². The van der Waals surface area contributed by atoms with E-state index in [0.29, 0.717) is 12.4 Å². The number of aryl methyl sites for hydroxylation is 1. The average Bonchev–Trinajstić information content (AvgIpc) is 2.95. The van der Waals surface area contributed by atoms with Crippen LogP contribution in [0.25, 0.3) is 10.8 Å². The van der Waals surface area contributed by atoms with E-state index in [1.165, 1.54) is 0 Å². The molecule has 0 radical (unpaired) electrons. The minimum Gasteiger partial charge on any atom is -0.332 e. The standard InChI is InChI=1S/C12H15F3N4S/c1-3-4-16-7-8-9(12(13,14)15)18-11(20-8)10-17-5-6-19(10)2/h5-6,16H,3-4,7H2,1-2H3. The van der Waals surface area contributed by atoms with Crippen molar-refractivity contribution >= 4 is 11.3 Å². The highest BCUT2D eigenvalue weighted by molar-refractivity contribution is 7.15. The summed E-state index contributed by atoms with van der Waals surface area (Å²) in [6.07, 6.45) is -0.354. The first-order valence-corrected chi connectivity index (χ1v) is 7.00. The second-order valence-electron chi connectivity index (χ2n) is 4.33. The molecule has 0 aliphatic carbocycles. The smallest absolute Gasteiger partial charge is 0.332 e. The summed E-state index contributed by atoms with van der Waals surface area (Å²) >= 11 is 1.03. The van der Waals surface area contributed by atoms with Gasteiger partial charge in [-0.3, -0.25) is 0 Å². The molecule has 0 saturated carbocycles. The SMILES string of the molecule is CCCNCc1sc(-c2nccn2C)nc1C(F)(F)F.